The van der Waals surface area contributed by atoms with Gasteiger partial charge in [-0.15, -0.1) is 0 Å². The quantitative estimate of drug-likeness (QED) is 0.498. The number of benzene rings is 2. The maximum Gasteiger partial charge on any atom is 0.275 e. The van der Waals surface area contributed by atoms with Gasteiger partial charge in [-0.2, -0.15) is 0 Å². The topological polar surface area (TPSA) is 82.9 Å². The van der Waals surface area contributed by atoms with Crippen molar-refractivity contribution in [1.82, 2.24) is 19.8 Å². The van der Waals surface area contributed by atoms with E-state index in [2.05, 4.69) is 30.5 Å². The van der Waals surface area contributed by atoms with Crippen LogP contribution in [0.4, 0.5) is 5.69 Å². The maximum atomic E-state index is 13.0. The number of hydrogen-bond donors (Lipinski definition) is 1. The van der Waals surface area contributed by atoms with Gasteiger partial charge in [0, 0.05) is 23.2 Å². The van der Waals surface area contributed by atoms with Crippen LogP contribution in [0.3, 0.4) is 0 Å². The number of fused-ring (bicyclic) bond motifs is 2. The number of hydrogen-bond acceptors (Lipinski definition) is 8. The molecule has 1 atom stereocenters. The van der Waals surface area contributed by atoms with E-state index in [9.17, 15) is 4.79 Å². The number of amidine groups is 1. The first-order chi connectivity index (χ1) is 16.6. The summed E-state index contributed by atoms with van der Waals surface area (Å²) in [5.41, 5.74) is 4.56. The summed E-state index contributed by atoms with van der Waals surface area (Å²) in [6.45, 7) is 2.85. The van der Waals surface area contributed by atoms with Crippen molar-refractivity contribution < 1.29 is 9.53 Å². The van der Waals surface area contributed by atoms with Crippen LogP contribution in [-0.2, 0) is 4.74 Å². The van der Waals surface area contributed by atoms with E-state index in [0.717, 1.165) is 34.2 Å². The molecule has 3 aromatic rings. The molecule has 1 amide bonds. The molecule has 5 rings (SSSR count). The van der Waals surface area contributed by atoms with Gasteiger partial charge in [-0.05, 0) is 32.3 Å². The minimum Gasteiger partial charge on any atom is -0.374 e. The molecular weight excluding hydrogens is 448 g/mol. The Morgan fingerprint density at radius 3 is 2.82 bits per heavy atom. The van der Waals surface area contributed by atoms with Gasteiger partial charge in [0.2, 0.25) is 0 Å². The van der Waals surface area contributed by atoms with Gasteiger partial charge in [0.25, 0.3) is 5.91 Å². The third-order valence-electron chi connectivity index (χ3n) is 5.68. The Bertz CT molecular complexity index is 1280. The summed E-state index contributed by atoms with van der Waals surface area (Å²) in [6, 6.07) is 15.2. The van der Waals surface area contributed by atoms with Crippen molar-refractivity contribution in [1.29, 1.82) is 0 Å². The zero-order chi connectivity index (χ0) is 23.5. The van der Waals surface area contributed by atoms with E-state index in [1.165, 1.54) is 6.20 Å². The van der Waals surface area contributed by atoms with Gasteiger partial charge in [-0.1, -0.05) is 42.1 Å². The smallest absolute Gasteiger partial charge is 0.275 e. The average molecular weight is 475 g/mol. The lowest BCUT2D eigenvalue weighted by molar-refractivity contribution is 0.102. The molecule has 3 heterocycles. The lowest BCUT2D eigenvalue weighted by atomic mass is 10.0. The molecule has 2 aliphatic heterocycles. The second-order valence-corrected chi connectivity index (χ2v) is 9.24. The van der Waals surface area contributed by atoms with Crippen LogP contribution in [0.2, 0.25) is 0 Å². The Hall–Kier alpha value is -3.27. The van der Waals surface area contributed by atoms with Gasteiger partial charge in [-0.25, -0.2) is 4.98 Å². The van der Waals surface area contributed by atoms with E-state index < -0.39 is 0 Å². The monoisotopic (exact) mass is 474 g/mol. The van der Waals surface area contributed by atoms with Crippen LogP contribution in [0.1, 0.15) is 22.1 Å². The number of likely N-dealkylation sites (N-methyl/N-ethyl adjacent to an activating group) is 1. The SMILES string of the molecule is CN(C)CCOCC1=CSC2=NC(c3ccccc3NC(=O)c3cnc4ccccc4n3)CN12. The molecule has 174 valence electrons. The molecule has 0 spiro atoms. The van der Waals surface area contributed by atoms with Crippen molar-refractivity contribution in [2.24, 2.45) is 4.99 Å². The van der Waals surface area contributed by atoms with Crippen LogP contribution in [-0.4, -0.2) is 71.2 Å². The molecule has 1 N–H and O–H groups in total. The molecule has 1 unspecified atom stereocenters. The minimum absolute atomic E-state index is 0.0767. The Labute approximate surface area is 202 Å². The highest BCUT2D eigenvalue weighted by atomic mass is 32.2. The zero-order valence-electron chi connectivity index (χ0n) is 19.1. The van der Waals surface area contributed by atoms with Crippen LogP contribution in [0.15, 0.2) is 70.8 Å². The molecule has 0 saturated carbocycles. The maximum absolute atomic E-state index is 13.0. The van der Waals surface area contributed by atoms with Crippen LogP contribution in [0, 0.1) is 0 Å². The minimum atomic E-state index is -0.291. The third kappa shape index (κ3) is 4.82. The third-order valence-corrected chi connectivity index (χ3v) is 6.61. The molecule has 1 aromatic heterocycles. The Kier molecular flexibility index (Phi) is 6.57. The van der Waals surface area contributed by atoms with Crippen molar-refractivity contribution in [2.45, 2.75) is 6.04 Å². The normalized spacial score (nSPS) is 17.1. The van der Waals surface area contributed by atoms with Gasteiger partial charge >= 0.3 is 0 Å². The summed E-state index contributed by atoms with van der Waals surface area (Å²) in [6.07, 6.45) is 1.51. The molecule has 0 saturated heterocycles. The van der Waals surface area contributed by atoms with Crippen LogP contribution >= 0.6 is 11.8 Å². The van der Waals surface area contributed by atoms with Crippen molar-refractivity contribution >= 4 is 39.6 Å². The predicted octanol–water partition coefficient (Wildman–Crippen LogP) is 3.76. The van der Waals surface area contributed by atoms with Gasteiger partial charge in [0.05, 0.1) is 48.7 Å². The standard InChI is InChI=1S/C25H26N6O2S/c1-30(2)11-12-33-15-17-16-34-25-29-23(14-31(17)25)18-7-3-4-8-19(18)28-24(32)22-13-26-20-9-5-6-10-21(20)27-22/h3-10,13,16,23H,11-12,14-15H2,1-2H3,(H,28,32). The van der Waals surface area contributed by atoms with E-state index in [1.54, 1.807) is 11.8 Å². The molecule has 9 heteroatoms. The summed E-state index contributed by atoms with van der Waals surface area (Å²) >= 11 is 1.62. The van der Waals surface area contributed by atoms with E-state index in [4.69, 9.17) is 9.73 Å². The number of ether oxygens (including phenoxy) is 1. The molecule has 2 aliphatic rings. The Morgan fingerprint density at radius 1 is 1.18 bits per heavy atom. The number of thioether (sulfide) groups is 1. The fraction of sp³-hybridized carbons (Fsp3) is 0.280. The van der Waals surface area contributed by atoms with E-state index in [0.29, 0.717) is 25.3 Å². The van der Waals surface area contributed by atoms with Crippen LogP contribution in [0.25, 0.3) is 11.0 Å². The van der Waals surface area contributed by atoms with Crippen molar-refractivity contribution in [3.8, 4) is 0 Å². The fourth-order valence-electron chi connectivity index (χ4n) is 3.87. The predicted molar refractivity (Wildman–Crippen MR) is 136 cm³/mol. The number of aliphatic imine (C=N–C) groups is 1. The first kappa shape index (κ1) is 22.5. The number of amides is 1. The highest BCUT2D eigenvalue weighted by molar-refractivity contribution is 8.16. The number of nitrogens with one attached hydrogen (secondary N) is 1. The fourth-order valence-corrected chi connectivity index (χ4v) is 4.82. The number of rotatable bonds is 8. The van der Waals surface area contributed by atoms with Crippen LogP contribution in [0.5, 0.6) is 0 Å². The molecule has 8 nitrogen and oxygen atoms in total. The molecular formula is C25H26N6O2S. The highest BCUT2D eigenvalue weighted by Gasteiger charge is 2.33. The van der Waals surface area contributed by atoms with Gasteiger partial charge in [0.15, 0.2) is 5.17 Å². The molecule has 0 fully saturated rings. The van der Waals surface area contributed by atoms with Gasteiger partial charge in [0.1, 0.15) is 5.69 Å². The second-order valence-electron chi connectivity index (χ2n) is 8.41. The van der Waals surface area contributed by atoms with Gasteiger partial charge < -0.3 is 19.9 Å². The molecule has 34 heavy (non-hydrogen) atoms. The molecule has 2 aromatic carbocycles. The molecule has 0 aliphatic carbocycles. The Morgan fingerprint density at radius 2 is 1.97 bits per heavy atom. The summed E-state index contributed by atoms with van der Waals surface area (Å²) in [5.74, 6) is -0.291. The lowest BCUT2D eigenvalue weighted by Crippen LogP contribution is -2.26. The highest BCUT2D eigenvalue weighted by Crippen LogP contribution is 2.38. The number of carbonyl (C=O) groups excluding carboxylic acids is 1. The van der Waals surface area contributed by atoms with E-state index in [1.807, 2.05) is 62.6 Å². The summed E-state index contributed by atoms with van der Waals surface area (Å²) in [7, 11) is 4.07. The van der Waals surface area contributed by atoms with E-state index >= 15 is 0 Å². The van der Waals surface area contributed by atoms with Crippen molar-refractivity contribution in [3.05, 3.63) is 77.1 Å². The van der Waals surface area contributed by atoms with Crippen LogP contribution < -0.4 is 5.32 Å². The molecule has 0 radical (unpaired) electrons. The number of anilines is 1. The van der Waals surface area contributed by atoms with Crippen molar-refractivity contribution in [3.63, 3.8) is 0 Å². The summed E-state index contributed by atoms with van der Waals surface area (Å²) < 4.78 is 5.84. The van der Waals surface area contributed by atoms with Gasteiger partial charge in [-0.3, -0.25) is 14.8 Å². The lowest BCUT2D eigenvalue weighted by Gasteiger charge is -2.20. The first-order valence-electron chi connectivity index (χ1n) is 11.1. The largest absolute Gasteiger partial charge is 0.374 e. The second kappa shape index (κ2) is 9.92. The summed E-state index contributed by atoms with van der Waals surface area (Å²) in [5, 5.41) is 6.10. The molecule has 0 bridgehead atoms. The zero-order valence-corrected chi connectivity index (χ0v) is 20.0. The summed E-state index contributed by atoms with van der Waals surface area (Å²) in [4.78, 5) is 31.0. The number of nitrogens with zero attached hydrogens (tertiary/aromatic N) is 5. The van der Waals surface area contributed by atoms with E-state index in [-0.39, 0.29) is 17.6 Å². The number of aromatic nitrogens is 2. The van der Waals surface area contributed by atoms with Crippen molar-refractivity contribution in [2.75, 3.05) is 45.7 Å². The number of carbonyl (C=O) groups is 1. The average Bonchev–Trinajstić information content (AvgIpc) is 3.43. The number of para-hydroxylation sites is 3. The first-order valence-corrected chi connectivity index (χ1v) is 12.0. The Balaban J connectivity index is 1.27.